The first kappa shape index (κ1) is 35.6. The fourth-order valence-electron chi connectivity index (χ4n) is 4.10. The van der Waals surface area contributed by atoms with Crippen LogP contribution in [-0.2, 0) is 14.3 Å². The number of aliphatic hydroxyl groups is 1. The molecule has 0 aromatic rings. The lowest BCUT2D eigenvalue weighted by molar-refractivity contribution is -0.154. The molecule has 0 aliphatic carbocycles. The van der Waals surface area contributed by atoms with Crippen LogP contribution in [-0.4, -0.2) is 37.0 Å². The third-order valence-corrected chi connectivity index (χ3v) is 6.47. The largest absolute Gasteiger partial charge is 0.457 e. The smallest absolute Gasteiger partial charge is 0.306 e. The molecule has 0 heterocycles. The molecule has 1 atom stereocenters. The van der Waals surface area contributed by atoms with Gasteiger partial charge in [-0.15, -0.1) is 0 Å². The van der Waals surface area contributed by atoms with E-state index in [0.717, 1.165) is 38.5 Å². The lowest BCUT2D eigenvalue weighted by Gasteiger charge is -2.15. The summed E-state index contributed by atoms with van der Waals surface area (Å²) in [5.74, 6) is -0.231. The summed E-state index contributed by atoms with van der Waals surface area (Å²) >= 11 is 0. The van der Waals surface area contributed by atoms with E-state index in [4.69, 9.17) is 9.47 Å². The second-order valence-corrected chi connectivity index (χ2v) is 10.2. The SMILES string of the molecule is CCCCCCC/C=C\C/C=C\C/C=C\CCCCCCCCCOCC(CO)OC(=O)CCCCC. The van der Waals surface area contributed by atoms with Gasteiger partial charge in [-0.2, -0.15) is 0 Å². The van der Waals surface area contributed by atoms with E-state index in [1.54, 1.807) is 0 Å². The number of carbonyl (C=O) groups is 1. The van der Waals surface area contributed by atoms with Gasteiger partial charge in [0.2, 0.25) is 0 Å². The number of ether oxygens (including phenoxy) is 2. The number of rotatable bonds is 28. The molecule has 1 unspecified atom stereocenters. The van der Waals surface area contributed by atoms with Crippen LogP contribution in [0, 0.1) is 0 Å². The first-order valence-electron chi connectivity index (χ1n) is 15.6. The molecule has 0 radical (unpaired) electrons. The third-order valence-electron chi connectivity index (χ3n) is 6.47. The van der Waals surface area contributed by atoms with E-state index >= 15 is 0 Å². The van der Waals surface area contributed by atoms with Crippen LogP contribution < -0.4 is 0 Å². The van der Waals surface area contributed by atoms with Crippen molar-refractivity contribution in [2.75, 3.05) is 19.8 Å². The molecule has 0 aliphatic rings. The molecular formula is C33H60O4. The van der Waals surface area contributed by atoms with Gasteiger partial charge in [0, 0.05) is 13.0 Å². The molecule has 0 amide bonds. The lowest BCUT2D eigenvalue weighted by Crippen LogP contribution is -2.27. The van der Waals surface area contributed by atoms with Gasteiger partial charge in [-0.1, -0.05) is 121 Å². The van der Waals surface area contributed by atoms with Crippen LogP contribution in [0.4, 0.5) is 0 Å². The van der Waals surface area contributed by atoms with Crippen LogP contribution in [0.5, 0.6) is 0 Å². The van der Waals surface area contributed by atoms with Crippen LogP contribution in [0.1, 0.15) is 142 Å². The Morgan fingerprint density at radius 3 is 1.70 bits per heavy atom. The molecule has 4 heteroatoms. The molecule has 4 nitrogen and oxygen atoms in total. The summed E-state index contributed by atoms with van der Waals surface area (Å²) in [6.07, 6.45) is 36.6. The molecule has 0 bridgehead atoms. The average molecular weight is 521 g/mol. The highest BCUT2D eigenvalue weighted by atomic mass is 16.6. The van der Waals surface area contributed by atoms with Crippen LogP contribution in [0.25, 0.3) is 0 Å². The van der Waals surface area contributed by atoms with Gasteiger partial charge in [-0.3, -0.25) is 4.79 Å². The first-order valence-corrected chi connectivity index (χ1v) is 15.6. The Hall–Kier alpha value is -1.39. The van der Waals surface area contributed by atoms with Crippen LogP contribution in [0.3, 0.4) is 0 Å². The Balaban J connectivity index is 3.40. The van der Waals surface area contributed by atoms with E-state index in [1.807, 2.05) is 0 Å². The molecule has 1 N–H and O–H groups in total. The zero-order valence-corrected chi connectivity index (χ0v) is 24.5. The Morgan fingerprint density at radius 2 is 1.14 bits per heavy atom. The number of unbranched alkanes of at least 4 members (excludes halogenated alkanes) is 14. The molecule has 0 saturated heterocycles. The molecule has 0 spiro atoms. The normalized spacial score (nSPS) is 12.8. The summed E-state index contributed by atoms with van der Waals surface area (Å²) in [6.45, 7) is 5.14. The molecule has 0 aliphatic heterocycles. The number of carbonyl (C=O) groups excluding carboxylic acids is 1. The zero-order valence-electron chi connectivity index (χ0n) is 24.5. The van der Waals surface area contributed by atoms with Crippen LogP contribution >= 0.6 is 0 Å². The van der Waals surface area contributed by atoms with Crippen molar-refractivity contribution >= 4 is 5.97 Å². The molecule has 0 aromatic heterocycles. The summed E-state index contributed by atoms with van der Waals surface area (Å²) in [5.41, 5.74) is 0. The predicted octanol–water partition coefficient (Wildman–Crippen LogP) is 9.42. The molecule has 0 rings (SSSR count). The van der Waals surface area contributed by atoms with Crippen molar-refractivity contribution in [3.05, 3.63) is 36.5 Å². The summed E-state index contributed by atoms with van der Waals surface area (Å²) in [6, 6.07) is 0. The highest BCUT2D eigenvalue weighted by Crippen LogP contribution is 2.10. The lowest BCUT2D eigenvalue weighted by atomic mass is 10.1. The van der Waals surface area contributed by atoms with Crippen molar-refractivity contribution in [3.63, 3.8) is 0 Å². The molecule has 0 saturated carbocycles. The van der Waals surface area contributed by atoms with Gasteiger partial charge in [0.15, 0.2) is 0 Å². The standard InChI is InChI=1S/C33H60O4/c1-3-5-7-8-9-10-11-12-13-14-15-16-17-18-19-20-21-22-23-24-25-27-29-36-31-32(30-34)37-33(35)28-26-6-4-2/h11-12,14-15,17-18,32,34H,3-10,13,16,19-31H2,1-2H3/b12-11-,15-14-,18-17-. The Morgan fingerprint density at radius 1 is 0.649 bits per heavy atom. The number of allylic oxidation sites excluding steroid dienone is 6. The van der Waals surface area contributed by atoms with Crippen LogP contribution in [0.15, 0.2) is 36.5 Å². The Bertz CT molecular complexity index is 553. The van der Waals surface area contributed by atoms with Crippen molar-refractivity contribution in [1.29, 1.82) is 0 Å². The second kappa shape index (κ2) is 30.8. The number of esters is 1. The maximum Gasteiger partial charge on any atom is 0.306 e. The zero-order chi connectivity index (χ0) is 27.1. The van der Waals surface area contributed by atoms with Gasteiger partial charge in [-0.05, 0) is 51.4 Å². The average Bonchev–Trinajstić information content (AvgIpc) is 2.90. The summed E-state index contributed by atoms with van der Waals surface area (Å²) in [5, 5.41) is 9.36. The third kappa shape index (κ3) is 29.0. The predicted molar refractivity (Wildman–Crippen MR) is 159 cm³/mol. The minimum Gasteiger partial charge on any atom is -0.457 e. The maximum atomic E-state index is 11.7. The summed E-state index contributed by atoms with van der Waals surface area (Å²) in [4.78, 5) is 11.7. The van der Waals surface area contributed by atoms with Gasteiger partial charge in [0.05, 0.1) is 13.2 Å². The molecule has 0 fully saturated rings. The molecule has 0 aromatic carbocycles. The van der Waals surface area contributed by atoms with E-state index in [9.17, 15) is 9.90 Å². The van der Waals surface area contributed by atoms with Gasteiger partial charge >= 0.3 is 5.97 Å². The number of aliphatic hydroxyl groups excluding tert-OH is 1. The number of hydrogen-bond acceptors (Lipinski definition) is 4. The van der Waals surface area contributed by atoms with E-state index in [0.29, 0.717) is 13.0 Å². The van der Waals surface area contributed by atoms with Crippen molar-refractivity contribution in [2.24, 2.45) is 0 Å². The fourth-order valence-corrected chi connectivity index (χ4v) is 4.10. The Labute approximate surface area is 230 Å². The number of hydrogen-bond donors (Lipinski definition) is 1. The molecular weight excluding hydrogens is 460 g/mol. The van der Waals surface area contributed by atoms with Gasteiger partial charge in [0.1, 0.15) is 6.10 Å². The van der Waals surface area contributed by atoms with Crippen molar-refractivity contribution in [1.82, 2.24) is 0 Å². The van der Waals surface area contributed by atoms with E-state index in [2.05, 4.69) is 50.3 Å². The fraction of sp³-hybridized carbons (Fsp3) is 0.788. The quantitative estimate of drug-likeness (QED) is 0.0634. The summed E-state index contributed by atoms with van der Waals surface area (Å²) < 4.78 is 10.9. The van der Waals surface area contributed by atoms with E-state index < -0.39 is 6.10 Å². The second-order valence-electron chi connectivity index (χ2n) is 10.2. The first-order chi connectivity index (χ1) is 18.2. The van der Waals surface area contributed by atoms with E-state index in [1.165, 1.54) is 83.5 Å². The van der Waals surface area contributed by atoms with Gasteiger partial charge in [0.25, 0.3) is 0 Å². The van der Waals surface area contributed by atoms with Crippen molar-refractivity contribution < 1.29 is 19.4 Å². The Kier molecular flexibility index (Phi) is 29.7. The van der Waals surface area contributed by atoms with E-state index in [-0.39, 0.29) is 19.2 Å². The molecule has 37 heavy (non-hydrogen) atoms. The van der Waals surface area contributed by atoms with Crippen molar-refractivity contribution in [3.8, 4) is 0 Å². The minimum atomic E-state index is -0.531. The van der Waals surface area contributed by atoms with Crippen LogP contribution in [0.2, 0.25) is 0 Å². The van der Waals surface area contributed by atoms with Gasteiger partial charge < -0.3 is 14.6 Å². The maximum absolute atomic E-state index is 11.7. The highest BCUT2D eigenvalue weighted by Gasteiger charge is 2.13. The van der Waals surface area contributed by atoms with Gasteiger partial charge in [-0.25, -0.2) is 0 Å². The molecule has 216 valence electrons. The highest BCUT2D eigenvalue weighted by molar-refractivity contribution is 5.69. The summed E-state index contributed by atoms with van der Waals surface area (Å²) in [7, 11) is 0. The van der Waals surface area contributed by atoms with Crippen molar-refractivity contribution in [2.45, 2.75) is 148 Å². The monoisotopic (exact) mass is 520 g/mol. The topological polar surface area (TPSA) is 55.8 Å². The minimum absolute atomic E-state index is 0.178.